The standard InChI is InChI=1S/C20H17BrN2O6S/c1-3-22-19(24)18(30-20(22)25)9-13-8-16(28-2)17(10-15(13)21)29-11-12-5-4-6-14(7-12)23(26)27/h4-10H,3,11H2,1-2H3/b18-9+. The third-order valence-electron chi connectivity index (χ3n) is 4.28. The number of hydrogen-bond acceptors (Lipinski definition) is 7. The fraction of sp³-hybridized carbons (Fsp3) is 0.200. The Bertz CT molecular complexity index is 1060. The molecule has 10 heteroatoms. The Balaban J connectivity index is 1.83. The molecule has 1 fully saturated rings. The zero-order chi connectivity index (χ0) is 21.8. The molecule has 0 atom stereocenters. The van der Waals surface area contributed by atoms with Crippen molar-refractivity contribution in [1.29, 1.82) is 0 Å². The van der Waals surface area contributed by atoms with E-state index in [0.29, 0.717) is 38.5 Å². The van der Waals surface area contributed by atoms with E-state index in [0.717, 1.165) is 11.8 Å². The van der Waals surface area contributed by atoms with Gasteiger partial charge in [-0.15, -0.1) is 0 Å². The van der Waals surface area contributed by atoms with Crippen LogP contribution >= 0.6 is 27.7 Å². The van der Waals surface area contributed by atoms with Crippen LogP contribution in [0, 0.1) is 10.1 Å². The van der Waals surface area contributed by atoms with Gasteiger partial charge in [0.15, 0.2) is 11.5 Å². The average molecular weight is 493 g/mol. The molecule has 0 saturated carbocycles. The van der Waals surface area contributed by atoms with E-state index in [4.69, 9.17) is 9.47 Å². The summed E-state index contributed by atoms with van der Waals surface area (Å²) in [5.41, 5.74) is 1.27. The Morgan fingerprint density at radius 3 is 2.63 bits per heavy atom. The molecule has 0 aromatic heterocycles. The van der Waals surface area contributed by atoms with Gasteiger partial charge < -0.3 is 9.47 Å². The fourth-order valence-electron chi connectivity index (χ4n) is 2.77. The molecule has 0 N–H and O–H groups in total. The third-order valence-corrected chi connectivity index (χ3v) is 5.87. The Labute approximate surface area is 185 Å². The minimum atomic E-state index is -0.463. The second kappa shape index (κ2) is 9.31. The summed E-state index contributed by atoms with van der Waals surface area (Å²) in [7, 11) is 1.48. The summed E-state index contributed by atoms with van der Waals surface area (Å²) < 4.78 is 11.8. The summed E-state index contributed by atoms with van der Waals surface area (Å²) in [6.07, 6.45) is 1.62. The van der Waals surface area contributed by atoms with Crippen LogP contribution in [0.3, 0.4) is 0 Å². The highest BCUT2D eigenvalue weighted by atomic mass is 79.9. The number of nitro benzene ring substituents is 1. The van der Waals surface area contributed by atoms with Crippen LogP contribution in [-0.2, 0) is 11.4 Å². The fourth-order valence-corrected chi connectivity index (χ4v) is 4.10. The molecule has 2 aromatic rings. The quantitative estimate of drug-likeness (QED) is 0.304. The van der Waals surface area contributed by atoms with Crippen molar-refractivity contribution in [1.82, 2.24) is 4.90 Å². The number of carbonyl (C=O) groups excluding carboxylic acids is 2. The molecule has 0 bridgehead atoms. The zero-order valence-corrected chi connectivity index (χ0v) is 18.5. The van der Waals surface area contributed by atoms with Gasteiger partial charge in [0.05, 0.1) is 16.9 Å². The summed E-state index contributed by atoms with van der Waals surface area (Å²) in [4.78, 5) is 36.2. The van der Waals surface area contributed by atoms with Crippen molar-refractivity contribution >= 4 is 50.6 Å². The maximum atomic E-state index is 12.3. The number of ether oxygens (including phenoxy) is 2. The number of nitrogens with zero attached hydrogens (tertiary/aromatic N) is 2. The van der Waals surface area contributed by atoms with Crippen LogP contribution in [0.25, 0.3) is 6.08 Å². The number of rotatable bonds is 7. The van der Waals surface area contributed by atoms with Crippen molar-refractivity contribution in [3.8, 4) is 11.5 Å². The molecule has 1 heterocycles. The smallest absolute Gasteiger partial charge is 0.293 e. The lowest BCUT2D eigenvalue weighted by atomic mass is 10.1. The van der Waals surface area contributed by atoms with Crippen LogP contribution in [0.15, 0.2) is 45.8 Å². The van der Waals surface area contributed by atoms with Crippen molar-refractivity contribution in [3.05, 3.63) is 67.0 Å². The number of hydrogen-bond donors (Lipinski definition) is 0. The molecule has 30 heavy (non-hydrogen) atoms. The van der Waals surface area contributed by atoms with Gasteiger partial charge in [-0.2, -0.15) is 0 Å². The largest absolute Gasteiger partial charge is 0.493 e. The van der Waals surface area contributed by atoms with Crippen LogP contribution in [0.2, 0.25) is 0 Å². The van der Waals surface area contributed by atoms with E-state index in [1.807, 2.05) is 0 Å². The third kappa shape index (κ3) is 4.65. The van der Waals surface area contributed by atoms with Gasteiger partial charge in [-0.05, 0) is 48.0 Å². The average Bonchev–Trinajstić information content (AvgIpc) is 3.00. The molecule has 8 nitrogen and oxygen atoms in total. The lowest BCUT2D eigenvalue weighted by Gasteiger charge is -2.13. The predicted molar refractivity (Wildman–Crippen MR) is 116 cm³/mol. The van der Waals surface area contributed by atoms with Crippen molar-refractivity contribution in [2.45, 2.75) is 13.5 Å². The molecule has 1 saturated heterocycles. The maximum absolute atomic E-state index is 12.3. The Hall–Kier alpha value is -2.85. The molecule has 2 aromatic carbocycles. The van der Waals surface area contributed by atoms with Gasteiger partial charge >= 0.3 is 0 Å². The number of non-ortho nitro benzene ring substituents is 1. The van der Waals surface area contributed by atoms with E-state index in [9.17, 15) is 19.7 Å². The lowest BCUT2D eigenvalue weighted by molar-refractivity contribution is -0.384. The SMILES string of the molecule is CCN1C(=O)S/C(=C/c2cc(OC)c(OCc3cccc([N+](=O)[O-])c3)cc2Br)C1=O. The topological polar surface area (TPSA) is 99.0 Å². The molecule has 156 valence electrons. The molecule has 0 unspecified atom stereocenters. The normalized spacial score (nSPS) is 15.0. The minimum Gasteiger partial charge on any atom is -0.493 e. The number of methoxy groups -OCH3 is 1. The number of likely N-dealkylation sites (N-methyl/N-ethyl adjacent to an activating group) is 1. The van der Waals surface area contributed by atoms with Crippen LogP contribution in [0.5, 0.6) is 11.5 Å². The summed E-state index contributed by atoms with van der Waals surface area (Å²) in [6.45, 7) is 2.17. The van der Waals surface area contributed by atoms with E-state index in [1.54, 1.807) is 37.3 Å². The van der Waals surface area contributed by atoms with Crippen LogP contribution in [0.1, 0.15) is 18.1 Å². The first-order valence-electron chi connectivity index (χ1n) is 8.83. The number of imide groups is 1. The molecule has 3 rings (SSSR count). The van der Waals surface area contributed by atoms with E-state index in [2.05, 4.69) is 15.9 Å². The number of nitro groups is 1. The Morgan fingerprint density at radius 1 is 1.23 bits per heavy atom. The predicted octanol–water partition coefficient (Wildman–Crippen LogP) is 5.00. The highest BCUT2D eigenvalue weighted by Crippen LogP contribution is 2.38. The lowest BCUT2D eigenvalue weighted by Crippen LogP contribution is -2.27. The Morgan fingerprint density at radius 2 is 2.00 bits per heavy atom. The molecule has 1 aliphatic heterocycles. The minimum absolute atomic E-state index is 0.0133. The van der Waals surface area contributed by atoms with Gasteiger partial charge in [0.2, 0.25) is 0 Å². The number of halogens is 1. The van der Waals surface area contributed by atoms with Gasteiger partial charge in [-0.25, -0.2) is 0 Å². The second-order valence-electron chi connectivity index (χ2n) is 6.17. The van der Waals surface area contributed by atoms with Crippen LogP contribution < -0.4 is 9.47 Å². The van der Waals surface area contributed by atoms with E-state index >= 15 is 0 Å². The number of carbonyl (C=O) groups is 2. The summed E-state index contributed by atoms with van der Waals surface area (Å²) >= 11 is 4.34. The first-order valence-corrected chi connectivity index (χ1v) is 10.4. The second-order valence-corrected chi connectivity index (χ2v) is 8.01. The number of benzene rings is 2. The Kier molecular flexibility index (Phi) is 6.78. The van der Waals surface area contributed by atoms with Gasteiger partial charge in [0, 0.05) is 23.2 Å². The van der Waals surface area contributed by atoms with Crippen molar-refractivity contribution in [2.24, 2.45) is 0 Å². The molecule has 0 aliphatic carbocycles. The van der Waals surface area contributed by atoms with Gasteiger partial charge in [0.25, 0.3) is 16.8 Å². The van der Waals surface area contributed by atoms with Crippen LogP contribution in [0.4, 0.5) is 10.5 Å². The van der Waals surface area contributed by atoms with Gasteiger partial charge in [-0.3, -0.25) is 24.6 Å². The summed E-state index contributed by atoms with van der Waals surface area (Å²) in [6, 6.07) is 9.55. The van der Waals surface area contributed by atoms with E-state index < -0.39 is 4.92 Å². The maximum Gasteiger partial charge on any atom is 0.293 e. The van der Waals surface area contributed by atoms with Crippen LogP contribution in [-0.4, -0.2) is 34.6 Å². The monoisotopic (exact) mass is 492 g/mol. The number of amides is 2. The highest BCUT2D eigenvalue weighted by molar-refractivity contribution is 9.10. The molecule has 0 radical (unpaired) electrons. The van der Waals surface area contributed by atoms with Crippen molar-refractivity contribution < 1.29 is 24.0 Å². The van der Waals surface area contributed by atoms with Crippen molar-refractivity contribution in [3.63, 3.8) is 0 Å². The summed E-state index contributed by atoms with van der Waals surface area (Å²) in [5.74, 6) is 0.517. The van der Waals surface area contributed by atoms with Gasteiger partial charge in [-0.1, -0.05) is 28.1 Å². The van der Waals surface area contributed by atoms with Gasteiger partial charge in [0.1, 0.15) is 6.61 Å². The number of thioether (sulfide) groups is 1. The first-order chi connectivity index (χ1) is 14.3. The van der Waals surface area contributed by atoms with E-state index in [-0.39, 0.29) is 23.4 Å². The van der Waals surface area contributed by atoms with Crippen molar-refractivity contribution in [2.75, 3.05) is 13.7 Å². The highest BCUT2D eigenvalue weighted by Gasteiger charge is 2.33. The van der Waals surface area contributed by atoms with E-state index in [1.165, 1.54) is 24.1 Å². The zero-order valence-electron chi connectivity index (χ0n) is 16.1. The molecular formula is C20H17BrN2O6S. The molecular weight excluding hydrogens is 476 g/mol. The first kappa shape index (κ1) is 21.8. The molecule has 2 amide bonds. The molecule has 1 aliphatic rings. The summed E-state index contributed by atoms with van der Waals surface area (Å²) in [5, 5.41) is 10.6. The molecule has 0 spiro atoms.